The molecule has 0 spiro atoms. The number of rotatable bonds is 7. The van der Waals surface area contributed by atoms with E-state index in [1.54, 1.807) is 31.2 Å². The Hall–Kier alpha value is -2.56. The second-order valence-electron chi connectivity index (χ2n) is 4.19. The lowest BCUT2D eigenvalue weighted by atomic mass is 10.2. The molecule has 5 heteroatoms. The minimum Gasteiger partial charge on any atom is -0.490 e. The van der Waals surface area contributed by atoms with Gasteiger partial charge in [-0.1, -0.05) is 18.7 Å². The Morgan fingerprint density at radius 1 is 1.29 bits per heavy atom. The predicted molar refractivity (Wildman–Crippen MR) is 78.8 cm³/mol. The van der Waals surface area contributed by atoms with E-state index in [4.69, 9.17) is 9.47 Å². The van der Waals surface area contributed by atoms with Crippen LogP contribution in [-0.2, 0) is 19.1 Å². The molecule has 21 heavy (non-hydrogen) atoms. The largest absolute Gasteiger partial charge is 0.490 e. The fourth-order valence-electron chi connectivity index (χ4n) is 1.36. The van der Waals surface area contributed by atoms with Gasteiger partial charge in [-0.15, -0.1) is 0 Å². The van der Waals surface area contributed by atoms with Gasteiger partial charge in [0.25, 0.3) is 0 Å². The molecule has 0 atom stereocenters. The highest BCUT2D eigenvalue weighted by molar-refractivity contribution is 5.87. The Bertz CT molecular complexity index is 545. The van der Waals surface area contributed by atoms with Crippen molar-refractivity contribution in [2.75, 3.05) is 20.3 Å². The van der Waals surface area contributed by atoms with Gasteiger partial charge >= 0.3 is 11.9 Å². The Labute approximate surface area is 123 Å². The molecule has 0 bridgehead atoms. The topological polar surface area (TPSA) is 61.8 Å². The third-order valence-electron chi connectivity index (χ3n) is 2.40. The van der Waals surface area contributed by atoms with E-state index in [2.05, 4.69) is 11.3 Å². The van der Waals surface area contributed by atoms with E-state index >= 15 is 0 Å². The fraction of sp³-hybridized carbons (Fsp3) is 0.250. The summed E-state index contributed by atoms with van der Waals surface area (Å²) in [5, 5.41) is 0. The molecule has 0 N–H and O–H groups in total. The van der Waals surface area contributed by atoms with Gasteiger partial charge in [0, 0.05) is 11.6 Å². The molecule has 0 aliphatic rings. The summed E-state index contributed by atoms with van der Waals surface area (Å²) in [6, 6.07) is 7.16. The van der Waals surface area contributed by atoms with Crippen LogP contribution >= 0.6 is 0 Å². The molecule has 0 fully saturated rings. The number of hydrogen-bond donors (Lipinski definition) is 0. The molecule has 1 aromatic carbocycles. The molecule has 0 aromatic heterocycles. The number of hydrogen-bond acceptors (Lipinski definition) is 5. The summed E-state index contributed by atoms with van der Waals surface area (Å²) in [6.45, 7) is 5.45. The van der Waals surface area contributed by atoms with Crippen molar-refractivity contribution in [2.45, 2.75) is 6.92 Å². The molecule has 0 heterocycles. The van der Waals surface area contributed by atoms with Gasteiger partial charge < -0.3 is 14.2 Å². The maximum absolute atomic E-state index is 11.2. The summed E-state index contributed by atoms with van der Waals surface area (Å²) in [6.07, 6.45) is 2.95. The van der Waals surface area contributed by atoms with Crippen molar-refractivity contribution in [3.63, 3.8) is 0 Å². The van der Waals surface area contributed by atoms with Gasteiger partial charge in [-0.25, -0.2) is 9.59 Å². The number of ether oxygens (including phenoxy) is 3. The lowest BCUT2D eigenvalue weighted by molar-refractivity contribution is -0.139. The first kappa shape index (κ1) is 16.5. The van der Waals surface area contributed by atoms with Crippen LogP contribution in [0.25, 0.3) is 6.08 Å². The summed E-state index contributed by atoms with van der Waals surface area (Å²) in [5.41, 5.74) is 1.15. The van der Waals surface area contributed by atoms with E-state index in [-0.39, 0.29) is 13.2 Å². The SMILES string of the molecule is C=C(C)C(=O)OCCOc1cccc(/C=C/C(=O)OC)c1. The van der Waals surface area contributed by atoms with Crippen molar-refractivity contribution in [1.29, 1.82) is 0 Å². The quantitative estimate of drug-likeness (QED) is 0.438. The van der Waals surface area contributed by atoms with Crippen molar-refractivity contribution in [2.24, 2.45) is 0 Å². The molecule has 0 amide bonds. The average molecular weight is 290 g/mol. The maximum atomic E-state index is 11.2. The first-order valence-corrected chi connectivity index (χ1v) is 6.34. The van der Waals surface area contributed by atoms with Crippen LogP contribution < -0.4 is 4.74 Å². The van der Waals surface area contributed by atoms with Gasteiger partial charge in [0.2, 0.25) is 0 Å². The maximum Gasteiger partial charge on any atom is 0.333 e. The first-order chi connectivity index (χ1) is 10.0. The lowest BCUT2D eigenvalue weighted by Gasteiger charge is -2.07. The van der Waals surface area contributed by atoms with Crippen LogP contribution in [0.2, 0.25) is 0 Å². The lowest BCUT2D eigenvalue weighted by Crippen LogP contribution is -2.12. The number of carbonyl (C=O) groups excluding carboxylic acids is 2. The highest BCUT2D eigenvalue weighted by atomic mass is 16.6. The van der Waals surface area contributed by atoms with Gasteiger partial charge in [0.15, 0.2) is 0 Å². The van der Waals surface area contributed by atoms with E-state index in [0.29, 0.717) is 11.3 Å². The molecule has 0 unspecified atom stereocenters. The standard InChI is InChI=1S/C16H18O5/c1-12(2)16(18)21-10-9-20-14-6-4-5-13(11-14)7-8-15(17)19-3/h4-8,11H,1,9-10H2,2-3H3/b8-7+. The Morgan fingerprint density at radius 2 is 2.05 bits per heavy atom. The summed E-state index contributed by atoms with van der Waals surface area (Å²) in [7, 11) is 1.32. The van der Waals surface area contributed by atoms with Crippen molar-refractivity contribution >= 4 is 18.0 Å². The van der Waals surface area contributed by atoms with Crippen LogP contribution in [-0.4, -0.2) is 32.3 Å². The summed E-state index contributed by atoms with van der Waals surface area (Å²) < 4.78 is 14.9. The Kier molecular flexibility index (Phi) is 6.74. The minimum absolute atomic E-state index is 0.147. The van der Waals surface area contributed by atoms with Crippen LogP contribution in [0.15, 0.2) is 42.5 Å². The molecular weight excluding hydrogens is 272 g/mol. The highest BCUT2D eigenvalue weighted by Gasteiger charge is 2.02. The molecule has 112 valence electrons. The molecule has 0 saturated carbocycles. The third kappa shape index (κ3) is 6.42. The number of benzene rings is 1. The van der Waals surface area contributed by atoms with E-state index in [1.807, 2.05) is 6.07 Å². The summed E-state index contributed by atoms with van der Waals surface area (Å²) >= 11 is 0. The van der Waals surface area contributed by atoms with E-state index in [0.717, 1.165) is 5.56 Å². The molecule has 0 saturated heterocycles. The normalized spacial score (nSPS) is 10.2. The van der Waals surface area contributed by atoms with Gasteiger partial charge in [-0.05, 0) is 30.7 Å². The van der Waals surface area contributed by atoms with Crippen LogP contribution in [0.1, 0.15) is 12.5 Å². The van der Waals surface area contributed by atoms with Gasteiger partial charge in [-0.3, -0.25) is 0 Å². The molecule has 5 nitrogen and oxygen atoms in total. The predicted octanol–water partition coefficient (Wildman–Crippen LogP) is 2.37. The summed E-state index contributed by atoms with van der Waals surface area (Å²) in [5.74, 6) is -0.241. The zero-order valence-electron chi connectivity index (χ0n) is 12.1. The van der Waals surface area contributed by atoms with E-state index in [9.17, 15) is 9.59 Å². The number of carbonyl (C=O) groups is 2. The van der Waals surface area contributed by atoms with Crippen molar-refractivity contribution in [3.8, 4) is 5.75 Å². The van der Waals surface area contributed by atoms with Crippen LogP contribution in [0.5, 0.6) is 5.75 Å². The van der Waals surface area contributed by atoms with Gasteiger partial charge in [0.05, 0.1) is 7.11 Å². The highest BCUT2D eigenvalue weighted by Crippen LogP contribution is 2.14. The number of esters is 2. The Morgan fingerprint density at radius 3 is 2.71 bits per heavy atom. The van der Waals surface area contributed by atoms with Gasteiger partial charge in [-0.2, -0.15) is 0 Å². The average Bonchev–Trinajstić information content (AvgIpc) is 2.49. The van der Waals surface area contributed by atoms with Crippen molar-refractivity contribution < 1.29 is 23.8 Å². The van der Waals surface area contributed by atoms with Crippen molar-refractivity contribution in [1.82, 2.24) is 0 Å². The second kappa shape index (κ2) is 8.58. The van der Waals surface area contributed by atoms with Crippen LogP contribution in [0, 0.1) is 0 Å². The zero-order valence-corrected chi connectivity index (χ0v) is 12.1. The Balaban J connectivity index is 2.46. The van der Waals surface area contributed by atoms with Gasteiger partial charge in [0.1, 0.15) is 19.0 Å². The first-order valence-electron chi connectivity index (χ1n) is 6.34. The third-order valence-corrected chi connectivity index (χ3v) is 2.40. The summed E-state index contributed by atoms with van der Waals surface area (Å²) in [4.78, 5) is 22.2. The molecule has 0 aliphatic heterocycles. The molecule has 1 aromatic rings. The molecular formula is C16H18O5. The van der Waals surface area contributed by atoms with Crippen molar-refractivity contribution in [3.05, 3.63) is 48.1 Å². The monoisotopic (exact) mass is 290 g/mol. The fourth-order valence-corrected chi connectivity index (χ4v) is 1.36. The number of methoxy groups -OCH3 is 1. The van der Waals surface area contributed by atoms with Crippen LogP contribution in [0.3, 0.4) is 0 Å². The smallest absolute Gasteiger partial charge is 0.333 e. The molecule has 1 rings (SSSR count). The molecule has 0 radical (unpaired) electrons. The van der Waals surface area contributed by atoms with E-state index < -0.39 is 11.9 Å². The van der Waals surface area contributed by atoms with Crippen LogP contribution in [0.4, 0.5) is 0 Å². The minimum atomic E-state index is -0.437. The zero-order chi connectivity index (χ0) is 15.7. The van der Waals surface area contributed by atoms with E-state index in [1.165, 1.54) is 13.2 Å². The second-order valence-corrected chi connectivity index (χ2v) is 4.19. The molecule has 0 aliphatic carbocycles.